The molecule has 4 fully saturated rings. The number of carbonyl (C=O) groups is 1. The zero-order valence-corrected chi connectivity index (χ0v) is 27.1. The number of likely N-dealkylation sites (N-methyl/N-ethyl adjacent to an activating group) is 1. The second kappa shape index (κ2) is 10.4. The molecule has 6 rings (SSSR count). The Balaban J connectivity index is 1.23. The summed E-state index contributed by atoms with van der Waals surface area (Å²) in [6.07, 6.45) is 15.5. The molecular weight excluding hydrogens is 502 g/mol. The smallest absolute Gasteiger partial charge is 0.315 e. The van der Waals surface area contributed by atoms with E-state index in [1.165, 1.54) is 75.3 Å². The minimum Gasteiger partial charge on any atom is -0.337 e. The molecule has 0 saturated heterocycles. The number of nitrogens with zero attached hydrogens (tertiary/aromatic N) is 1. The third-order valence-electron chi connectivity index (χ3n) is 13.7. The zero-order chi connectivity index (χ0) is 29.2. The average molecular weight is 560 g/mol. The van der Waals surface area contributed by atoms with Gasteiger partial charge in [-0.2, -0.15) is 0 Å². The van der Waals surface area contributed by atoms with E-state index in [4.69, 9.17) is 0 Å². The summed E-state index contributed by atoms with van der Waals surface area (Å²) >= 11 is 0. The van der Waals surface area contributed by atoms with Crippen LogP contribution in [-0.4, -0.2) is 43.7 Å². The standard InChI is InChI=1S/C37H57N3O/c1-25-10-12-26(13-11-25)28-16-20-36(5)31(34(28,2)3)18-21-35(4)29-17-22-37(39-33(41)38-23-24-40(6)7)19-8-9-30(37)27(29)14-15-32(35)36/h10-13,16,27,29-32H,8-9,14-15,17-24H2,1-7H3,(H2,38,39,41). The molecule has 0 aliphatic heterocycles. The van der Waals surface area contributed by atoms with Crippen molar-refractivity contribution in [2.45, 2.75) is 104 Å². The Bertz CT molecular complexity index is 1170. The van der Waals surface area contributed by atoms with Gasteiger partial charge in [0.15, 0.2) is 0 Å². The summed E-state index contributed by atoms with van der Waals surface area (Å²) in [5, 5.41) is 6.75. The van der Waals surface area contributed by atoms with Crippen LogP contribution in [0.3, 0.4) is 0 Å². The number of hydrogen-bond acceptors (Lipinski definition) is 2. The Morgan fingerprint density at radius 1 is 0.878 bits per heavy atom. The predicted octanol–water partition coefficient (Wildman–Crippen LogP) is 8.07. The van der Waals surface area contributed by atoms with Gasteiger partial charge >= 0.3 is 6.03 Å². The number of fused-ring (bicyclic) bond motifs is 7. The largest absolute Gasteiger partial charge is 0.337 e. The van der Waals surface area contributed by atoms with E-state index in [1.807, 2.05) is 0 Å². The van der Waals surface area contributed by atoms with E-state index >= 15 is 0 Å². The summed E-state index contributed by atoms with van der Waals surface area (Å²) in [5.74, 6) is 3.75. The lowest BCUT2D eigenvalue weighted by Gasteiger charge is -2.68. The minimum atomic E-state index is 0.0200. The van der Waals surface area contributed by atoms with Crippen LogP contribution in [-0.2, 0) is 0 Å². The second-order valence-electron chi connectivity index (χ2n) is 16.3. The molecule has 5 aliphatic rings. The molecule has 4 heteroatoms. The number of rotatable bonds is 5. The Kier molecular flexibility index (Phi) is 7.44. The maximum atomic E-state index is 13.0. The summed E-state index contributed by atoms with van der Waals surface area (Å²) in [7, 11) is 4.12. The number of carbonyl (C=O) groups excluding carboxylic acids is 1. The molecule has 5 aliphatic carbocycles. The quantitative estimate of drug-likeness (QED) is 0.383. The first kappa shape index (κ1) is 29.3. The van der Waals surface area contributed by atoms with Crippen molar-refractivity contribution in [3.8, 4) is 0 Å². The summed E-state index contributed by atoms with van der Waals surface area (Å²) in [6.45, 7) is 14.3. The Labute approximate surface area is 250 Å². The molecule has 226 valence electrons. The van der Waals surface area contributed by atoms with Crippen molar-refractivity contribution in [3.05, 3.63) is 41.5 Å². The van der Waals surface area contributed by atoms with Gasteiger partial charge in [-0.1, -0.05) is 70.0 Å². The molecule has 0 radical (unpaired) electrons. The van der Waals surface area contributed by atoms with E-state index in [-0.39, 0.29) is 17.0 Å². The lowest BCUT2D eigenvalue weighted by Crippen LogP contribution is -2.64. The van der Waals surface area contributed by atoms with Gasteiger partial charge < -0.3 is 15.5 Å². The second-order valence-corrected chi connectivity index (χ2v) is 16.3. The zero-order valence-electron chi connectivity index (χ0n) is 27.1. The van der Waals surface area contributed by atoms with Crippen molar-refractivity contribution in [3.63, 3.8) is 0 Å². The van der Waals surface area contributed by atoms with Crippen molar-refractivity contribution >= 4 is 11.6 Å². The summed E-state index contributed by atoms with van der Waals surface area (Å²) in [5.41, 5.74) is 5.36. The van der Waals surface area contributed by atoms with Crippen LogP contribution in [0.15, 0.2) is 30.3 Å². The van der Waals surface area contributed by atoms with Gasteiger partial charge in [-0.05, 0) is 136 Å². The highest BCUT2D eigenvalue weighted by molar-refractivity contribution is 5.75. The molecule has 2 amide bonds. The van der Waals surface area contributed by atoms with Crippen LogP contribution in [0, 0.1) is 52.8 Å². The van der Waals surface area contributed by atoms with E-state index in [0.29, 0.717) is 23.3 Å². The molecule has 0 bridgehead atoms. The molecule has 1 aromatic carbocycles. The minimum absolute atomic E-state index is 0.0200. The fraction of sp³-hybridized carbons (Fsp3) is 0.757. The highest BCUT2D eigenvalue weighted by Crippen LogP contribution is 2.72. The number of nitrogens with one attached hydrogen (secondary N) is 2. The molecular formula is C37H57N3O. The van der Waals surface area contributed by atoms with Gasteiger partial charge in [-0.3, -0.25) is 0 Å². The first-order chi connectivity index (χ1) is 19.4. The Morgan fingerprint density at radius 3 is 2.37 bits per heavy atom. The number of aryl methyl sites for hydroxylation is 1. The lowest BCUT2D eigenvalue weighted by molar-refractivity contribution is -0.172. The van der Waals surface area contributed by atoms with Crippen molar-refractivity contribution in [1.82, 2.24) is 15.5 Å². The van der Waals surface area contributed by atoms with Gasteiger partial charge in [0, 0.05) is 18.6 Å². The highest BCUT2D eigenvalue weighted by Gasteiger charge is 2.65. The molecule has 0 aromatic heterocycles. The van der Waals surface area contributed by atoms with Crippen LogP contribution < -0.4 is 10.6 Å². The number of allylic oxidation sites excluding steroid dienone is 2. The van der Waals surface area contributed by atoms with E-state index in [2.05, 4.69) is 94.6 Å². The average Bonchev–Trinajstić information content (AvgIpc) is 3.32. The third-order valence-corrected chi connectivity index (χ3v) is 13.7. The van der Waals surface area contributed by atoms with Gasteiger partial charge in [-0.25, -0.2) is 4.79 Å². The van der Waals surface area contributed by atoms with E-state index in [1.54, 1.807) is 5.57 Å². The van der Waals surface area contributed by atoms with Gasteiger partial charge in [0.25, 0.3) is 0 Å². The molecule has 4 saturated carbocycles. The number of benzene rings is 1. The maximum Gasteiger partial charge on any atom is 0.315 e. The van der Waals surface area contributed by atoms with Crippen molar-refractivity contribution in [1.29, 1.82) is 0 Å². The third kappa shape index (κ3) is 4.70. The van der Waals surface area contributed by atoms with E-state index < -0.39 is 0 Å². The van der Waals surface area contributed by atoms with Crippen molar-refractivity contribution in [2.24, 2.45) is 45.8 Å². The predicted molar refractivity (Wildman–Crippen MR) is 171 cm³/mol. The summed E-state index contributed by atoms with van der Waals surface area (Å²) < 4.78 is 0. The van der Waals surface area contributed by atoms with Crippen LogP contribution in [0.5, 0.6) is 0 Å². The summed E-state index contributed by atoms with van der Waals surface area (Å²) in [6, 6.07) is 9.35. The molecule has 0 heterocycles. The molecule has 8 atom stereocenters. The van der Waals surface area contributed by atoms with Crippen molar-refractivity contribution < 1.29 is 4.79 Å². The van der Waals surface area contributed by atoms with Crippen LogP contribution >= 0.6 is 0 Å². The topological polar surface area (TPSA) is 44.4 Å². The number of amides is 2. The van der Waals surface area contributed by atoms with E-state index in [0.717, 1.165) is 30.2 Å². The van der Waals surface area contributed by atoms with E-state index in [9.17, 15) is 4.79 Å². The Hall–Kier alpha value is -1.81. The molecule has 8 unspecified atom stereocenters. The molecule has 41 heavy (non-hydrogen) atoms. The van der Waals surface area contributed by atoms with Crippen LogP contribution in [0.2, 0.25) is 0 Å². The number of hydrogen-bond donors (Lipinski definition) is 2. The van der Waals surface area contributed by atoms with Crippen molar-refractivity contribution in [2.75, 3.05) is 27.2 Å². The van der Waals surface area contributed by atoms with Gasteiger partial charge in [0.2, 0.25) is 0 Å². The van der Waals surface area contributed by atoms with Gasteiger partial charge in [-0.15, -0.1) is 0 Å². The molecule has 0 spiro atoms. The first-order valence-electron chi connectivity index (χ1n) is 16.9. The van der Waals surface area contributed by atoms with Gasteiger partial charge in [0.1, 0.15) is 0 Å². The lowest BCUT2D eigenvalue weighted by atomic mass is 9.37. The molecule has 4 nitrogen and oxygen atoms in total. The monoisotopic (exact) mass is 559 g/mol. The fourth-order valence-electron chi connectivity index (χ4n) is 11.9. The first-order valence-corrected chi connectivity index (χ1v) is 16.9. The van der Waals surface area contributed by atoms with Crippen LogP contribution in [0.1, 0.15) is 103 Å². The Morgan fingerprint density at radius 2 is 1.63 bits per heavy atom. The molecule has 2 N–H and O–H groups in total. The van der Waals surface area contributed by atoms with Gasteiger partial charge in [0.05, 0.1) is 0 Å². The normalized spacial score (nSPS) is 41.0. The van der Waals surface area contributed by atoms with Crippen LogP contribution in [0.25, 0.3) is 5.57 Å². The SMILES string of the molecule is Cc1ccc(C2=CCC3(C)C(CCC4(C)C5CCC6(NC(=O)NCCN(C)C)CCCC6C5CCC43)C2(C)C)cc1. The number of urea groups is 1. The van der Waals surface area contributed by atoms with Crippen LogP contribution in [0.4, 0.5) is 4.79 Å². The fourth-order valence-corrected chi connectivity index (χ4v) is 11.9. The maximum absolute atomic E-state index is 13.0. The summed E-state index contributed by atoms with van der Waals surface area (Å²) in [4.78, 5) is 15.2. The molecule has 1 aromatic rings. The highest BCUT2D eigenvalue weighted by atomic mass is 16.2.